The highest BCUT2D eigenvalue weighted by Crippen LogP contribution is 2.22. The number of rotatable bonds is 4. The van der Waals surface area contributed by atoms with Crippen LogP contribution in [0.5, 0.6) is 0 Å². The lowest BCUT2D eigenvalue weighted by molar-refractivity contribution is -0.123. The highest BCUT2D eigenvalue weighted by atomic mass is 35.5. The van der Waals surface area contributed by atoms with E-state index in [1.54, 1.807) is 12.1 Å². The van der Waals surface area contributed by atoms with Crippen molar-refractivity contribution in [2.45, 2.75) is 0 Å². The second kappa shape index (κ2) is 6.47. The number of nitrogen functional groups attached to an aromatic ring is 1. The third kappa shape index (κ3) is 3.64. The van der Waals surface area contributed by atoms with Crippen LogP contribution in [0.2, 0.25) is 5.02 Å². The van der Waals surface area contributed by atoms with Crippen molar-refractivity contribution in [2.75, 3.05) is 18.9 Å². The Kier molecular flexibility index (Phi) is 4.96. The molecule has 0 bridgehead atoms. The summed E-state index contributed by atoms with van der Waals surface area (Å²) in [6.07, 6.45) is 0. The first kappa shape index (κ1) is 13.8. The first-order valence-corrected chi connectivity index (χ1v) is 5.28. The van der Waals surface area contributed by atoms with Gasteiger partial charge < -0.3 is 15.8 Å². The van der Waals surface area contributed by atoms with Gasteiger partial charge in [0, 0.05) is 0 Å². The van der Waals surface area contributed by atoms with Crippen LogP contribution < -0.4 is 11.1 Å². The Labute approximate surface area is 108 Å². The Bertz CT molecular complexity index is 511. The van der Waals surface area contributed by atoms with Gasteiger partial charge in [-0.2, -0.15) is 5.26 Å². The van der Waals surface area contributed by atoms with Crippen LogP contribution in [-0.4, -0.2) is 25.0 Å². The van der Waals surface area contributed by atoms with E-state index in [2.05, 4.69) is 5.32 Å². The lowest BCUT2D eigenvalue weighted by Gasteiger charge is -2.07. The van der Waals surface area contributed by atoms with E-state index < -0.39 is 18.5 Å². The lowest BCUT2D eigenvalue weighted by atomic mass is 10.2. The van der Waals surface area contributed by atoms with Crippen LogP contribution >= 0.6 is 11.6 Å². The van der Waals surface area contributed by atoms with Gasteiger partial charge in [-0.15, -0.1) is 0 Å². The predicted octanol–water partition coefficient (Wildman–Crippen LogP) is 0.719. The van der Waals surface area contributed by atoms with Gasteiger partial charge in [-0.25, -0.2) is 4.79 Å². The molecular weight excluding hydrogens is 258 g/mol. The predicted molar refractivity (Wildman–Crippen MR) is 64.8 cm³/mol. The van der Waals surface area contributed by atoms with Gasteiger partial charge >= 0.3 is 5.97 Å². The third-order valence-electron chi connectivity index (χ3n) is 1.97. The van der Waals surface area contributed by atoms with E-state index in [-0.39, 0.29) is 22.8 Å². The Morgan fingerprint density at radius 1 is 1.50 bits per heavy atom. The highest BCUT2D eigenvalue weighted by Gasteiger charge is 2.14. The molecule has 0 atom stereocenters. The van der Waals surface area contributed by atoms with Gasteiger partial charge in [0.25, 0.3) is 5.91 Å². The zero-order chi connectivity index (χ0) is 13.5. The SMILES string of the molecule is N#CCNC(=O)COC(=O)c1cccc(Cl)c1N. The zero-order valence-electron chi connectivity index (χ0n) is 9.27. The van der Waals surface area contributed by atoms with E-state index in [4.69, 9.17) is 27.3 Å². The number of ether oxygens (including phenoxy) is 1. The van der Waals surface area contributed by atoms with E-state index in [9.17, 15) is 9.59 Å². The Morgan fingerprint density at radius 2 is 2.22 bits per heavy atom. The number of carbonyl (C=O) groups excluding carboxylic acids is 2. The number of carbonyl (C=O) groups is 2. The summed E-state index contributed by atoms with van der Waals surface area (Å²) in [5.41, 5.74) is 5.79. The third-order valence-corrected chi connectivity index (χ3v) is 2.30. The number of hydrogen-bond donors (Lipinski definition) is 2. The van der Waals surface area contributed by atoms with Crippen molar-refractivity contribution < 1.29 is 14.3 Å². The van der Waals surface area contributed by atoms with Gasteiger partial charge in [0.2, 0.25) is 0 Å². The molecule has 0 saturated heterocycles. The van der Waals surface area contributed by atoms with Crippen LogP contribution in [-0.2, 0) is 9.53 Å². The standard InChI is InChI=1S/C11H10ClN3O3/c12-8-3-1-2-7(10(8)14)11(17)18-6-9(16)15-5-4-13/h1-3H,5-6,14H2,(H,15,16). The van der Waals surface area contributed by atoms with Gasteiger partial charge in [0.05, 0.1) is 22.3 Å². The summed E-state index contributed by atoms with van der Waals surface area (Å²) >= 11 is 5.74. The number of anilines is 1. The Balaban J connectivity index is 2.59. The number of esters is 1. The second-order valence-corrected chi connectivity index (χ2v) is 3.62. The molecule has 94 valence electrons. The topological polar surface area (TPSA) is 105 Å². The molecular formula is C11H10ClN3O3. The molecule has 1 aromatic rings. The number of nitrogens with one attached hydrogen (secondary N) is 1. The van der Waals surface area contributed by atoms with Gasteiger partial charge in [0.15, 0.2) is 6.61 Å². The van der Waals surface area contributed by atoms with Crippen LogP contribution in [0, 0.1) is 11.3 Å². The van der Waals surface area contributed by atoms with E-state index >= 15 is 0 Å². The molecule has 0 fully saturated rings. The lowest BCUT2D eigenvalue weighted by Crippen LogP contribution is -2.29. The van der Waals surface area contributed by atoms with Crippen molar-refractivity contribution >= 4 is 29.2 Å². The minimum absolute atomic E-state index is 0.0931. The van der Waals surface area contributed by atoms with Crippen molar-refractivity contribution in [1.82, 2.24) is 5.32 Å². The van der Waals surface area contributed by atoms with Gasteiger partial charge in [0.1, 0.15) is 6.54 Å². The summed E-state index contributed by atoms with van der Waals surface area (Å²) in [7, 11) is 0. The highest BCUT2D eigenvalue weighted by molar-refractivity contribution is 6.33. The maximum Gasteiger partial charge on any atom is 0.340 e. The van der Waals surface area contributed by atoms with Gasteiger partial charge in [-0.3, -0.25) is 4.79 Å². The number of hydrogen-bond acceptors (Lipinski definition) is 5. The van der Waals surface area contributed by atoms with Crippen LogP contribution in [0.25, 0.3) is 0 Å². The molecule has 0 heterocycles. The van der Waals surface area contributed by atoms with E-state index in [0.717, 1.165) is 0 Å². The monoisotopic (exact) mass is 267 g/mol. The van der Waals surface area contributed by atoms with E-state index in [1.165, 1.54) is 12.1 Å². The van der Waals surface area contributed by atoms with Crippen LogP contribution in [0.4, 0.5) is 5.69 Å². The molecule has 0 spiro atoms. The molecule has 3 N–H and O–H groups in total. The van der Waals surface area contributed by atoms with E-state index in [0.29, 0.717) is 0 Å². The summed E-state index contributed by atoms with van der Waals surface area (Å²) < 4.78 is 4.72. The molecule has 0 aromatic heterocycles. The van der Waals surface area contributed by atoms with Crippen molar-refractivity contribution in [3.05, 3.63) is 28.8 Å². The van der Waals surface area contributed by atoms with Crippen molar-refractivity contribution in [3.63, 3.8) is 0 Å². The molecule has 0 aliphatic carbocycles. The molecule has 0 radical (unpaired) electrons. The summed E-state index contributed by atoms with van der Waals surface area (Å²) in [5, 5.41) is 10.7. The molecule has 18 heavy (non-hydrogen) atoms. The first-order valence-electron chi connectivity index (χ1n) is 4.91. The molecule has 6 nitrogen and oxygen atoms in total. The maximum atomic E-state index is 11.6. The number of nitrogens with two attached hydrogens (primary N) is 1. The quantitative estimate of drug-likeness (QED) is 0.475. The zero-order valence-corrected chi connectivity index (χ0v) is 10.0. The molecule has 0 aliphatic heterocycles. The van der Waals surface area contributed by atoms with Gasteiger partial charge in [-0.05, 0) is 12.1 Å². The molecule has 1 aromatic carbocycles. The number of benzene rings is 1. The van der Waals surface area contributed by atoms with Gasteiger partial charge in [-0.1, -0.05) is 17.7 Å². The van der Waals surface area contributed by atoms with Crippen LogP contribution in [0.15, 0.2) is 18.2 Å². The maximum absolute atomic E-state index is 11.6. The number of halogens is 1. The molecule has 0 aliphatic rings. The van der Waals surface area contributed by atoms with Crippen molar-refractivity contribution in [1.29, 1.82) is 5.26 Å². The van der Waals surface area contributed by atoms with Crippen LogP contribution in [0.3, 0.4) is 0 Å². The Morgan fingerprint density at radius 3 is 2.89 bits per heavy atom. The molecule has 1 amide bonds. The molecule has 0 saturated carbocycles. The number of nitrogens with zero attached hydrogens (tertiary/aromatic N) is 1. The first-order chi connectivity index (χ1) is 8.56. The van der Waals surface area contributed by atoms with Crippen LogP contribution in [0.1, 0.15) is 10.4 Å². The molecule has 0 unspecified atom stereocenters. The van der Waals surface area contributed by atoms with E-state index in [1.807, 2.05) is 0 Å². The smallest absolute Gasteiger partial charge is 0.340 e. The fourth-order valence-corrected chi connectivity index (χ4v) is 1.29. The fourth-order valence-electron chi connectivity index (χ4n) is 1.11. The molecule has 1 rings (SSSR count). The minimum Gasteiger partial charge on any atom is -0.452 e. The summed E-state index contributed by atoms with van der Waals surface area (Å²) in [6, 6.07) is 6.25. The van der Waals surface area contributed by atoms with Crippen molar-refractivity contribution in [2.24, 2.45) is 0 Å². The average Bonchev–Trinajstić information content (AvgIpc) is 2.36. The fraction of sp³-hybridized carbons (Fsp3) is 0.182. The summed E-state index contributed by atoms with van der Waals surface area (Å²) in [5.74, 6) is -1.31. The number of nitriles is 1. The Hall–Kier alpha value is -2.26. The molecule has 7 heteroatoms. The largest absolute Gasteiger partial charge is 0.452 e. The number of amides is 1. The average molecular weight is 268 g/mol. The van der Waals surface area contributed by atoms with Crippen molar-refractivity contribution in [3.8, 4) is 6.07 Å². The summed E-state index contributed by atoms with van der Waals surface area (Å²) in [4.78, 5) is 22.7. The summed E-state index contributed by atoms with van der Waals surface area (Å²) in [6.45, 7) is -0.623. The number of para-hydroxylation sites is 1. The second-order valence-electron chi connectivity index (χ2n) is 3.21. The normalized spacial score (nSPS) is 9.33. The minimum atomic E-state index is -0.748.